The largest absolute Gasteiger partial charge is 0.380 e. The highest BCUT2D eigenvalue weighted by Gasteiger charge is 2.06. The third-order valence-corrected chi connectivity index (χ3v) is 2.55. The first-order chi connectivity index (χ1) is 7.86. The summed E-state index contributed by atoms with van der Waals surface area (Å²) in [6.07, 6.45) is 4.99. The second kappa shape index (κ2) is 8.25. The molecule has 0 amide bonds. The van der Waals surface area contributed by atoms with Gasteiger partial charge in [-0.15, -0.1) is 0 Å². The number of nitrogens with zero attached hydrogens (tertiary/aromatic N) is 1. The number of hydrogen-bond donors (Lipinski definition) is 1. The van der Waals surface area contributed by atoms with Crippen molar-refractivity contribution < 1.29 is 4.74 Å². The van der Waals surface area contributed by atoms with E-state index in [2.05, 4.69) is 23.3 Å². The van der Waals surface area contributed by atoms with Gasteiger partial charge in [0.1, 0.15) is 0 Å². The number of ether oxygens (including phenoxy) is 1. The molecule has 0 radical (unpaired) electrons. The van der Waals surface area contributed by atoms with Crippen LogP contribution in [0.15, 0.2) is 24.4 Å². The Balaban J connectivity index is 2.23. The smallest absolute Gasteiger partial charge is 0.0619 e. The van der Waals surface area contributed by atoms with Crippen molar-refractivity contribution in [2.45, 2.75) is 32.2 Å². The zero-order valence-electron chi connectivity index (χ0n) is 10.3. The number of aryl methyl sites for hydroxylation is 1. The molecule has 0 aliphatic heterocycles. The fourth-order valence-corrected chi connectivity index (χ4v) is 1.55. The fraction of sp³-hybridized carbons (Fsp3) is 0.615. The van der Waals surface area contributed by atoms with Crippen LogP contribution in [0.4, 0.5) is 0 Å². The maximum absolute atomic E-state index is 5.54. The molecule has 1 unspecified atom stereocenters. The highest BCUT2D eigenvalue weighted by molar-refractivity contribution is 5.03. The molecule has 1 heterocycles. The van der Waals surface area contributed by atoms with E-state index in [4.69, 9.17) is 4.74 Å². The number of nitrogens with one attached hydrogen (secondary N) is 1. The van der Waals surface area contributed by atoms with Crippen LogP contribution in [0.1, 0.15) is 25.5 Å². The molecule has 1 aromatic rings. The van der Waals surface area contributed by atoms with Crippen molar-refractivity contribution in [2.24, 2.45) is 0 Å². The molecule has 0 saturated carbocycles. The lowest BCUT2D eigenvalue weighted by Crippen LogP contribution is -2.31. The van der Waals surface area contributed by atoms with Gasteiger partial charge in [-0.25, -0.2) is 0 Å². The molecule has 0 spiro atoms. The molecule has 90 valence electrons. The van der Waals surface area contributed by atoms with Gasteiger partial charge in [0.2, 0.25) is 0 Å². The quantitative estimate of drug-likeness (QED) is 0.683. The zero-order chi connectivity index (χ0) is 11.6. The zero-order valence-corrected chi connectivity index (χ0v) is 10.3. The predicted octanol–water partition coefficient (Wildman–Crippen LogP) is 2.03. The molecule has 3 heteroatoms. The molecule has 0 fully saturated rings. The van der Waals surface area contributed by atoms with Crippen LogP contribution in [0.5, 0.6) is 0 Å². The summed E-state index contributed by atoms with van der Waals surface area (Å²) in [5.41, 5.74) is 1.15. The van der Waals surface area contributed by atoms with E-state index in [0.717, 1.165) is 38.2 Å². The Labute approximate surface area is 98.2 Å². The lowest BCUT2D eigenvalue weighted by molar-refractivity contribution is 0.111. The fourth-order valence-electron chi connectivity index (χ4n) is 1.55. The van der Waals surface area contributed by atoms with E-state index in [1.54, 1.807) is 0 Å². The maximum atomic E-state index is 5.54. The minimum absolute atomic E-state index is 0.425. The highest BCUT2D eigenvalue weighted by atomic mass is 16.5. The van der Waals surface area contributed by atoms with Crippen LogP contribution in [0.2, 0.25) is 0 Å². The van der Waals surface area contributed by atoms with Crippen LogP contribution in [0, 0.1) is 0 Å². The van der Waals surface area contributed by atoms with E-state index in [1.165, 1.54) is 0 Å². The van der Waals surface area contributed by atoms with Gasteiger partial charge in [-0.3, -0.25) is 4.98 Å². The van der Waals surface area contributed by atoms with E-state index in [1.807, 2.05) is 25.4 Å². The minimum Gasteiger partial charge on any atom is -0.380 e. The van der Waals surface area contributed by atoms with E-state index >= 15 is 0 Å². The van der Waals surface area contributed by atoms with Crippen molar-refractivity contribution >= 4 is 0 Å². The molecule has 0 aliphatic carbocycles. The minimum atomic E-state index is 0.425. The Morgan fingerprint density at radius 1 is 1.44 bits per heavy atom. The Kier molecular flexibility index (Phi) is 6.77. The summed E-state index contributed by atoms with van der Waals surface area (Å²) in [4.78, 5) is 4.31. The van der Waals surface area contributed by atoms with Gasteiger partial charge in [-0.2, -0.15) is 0 Å². The van der Waals surface area contributed by atoms with Crippen molar-refractivity contribution in [3.05, 3.63) is 30.1 Å². The molecule has 1 N–H and O–H groups in total. The van der Waals surface area contributed by atoms with Gasteiger partial charge in [0, 0.05) is 24.5 Å². The first-order valence-corrected chi connectivity index (χ1v) is 6.01. The molecular formula is C13H22N2O. The lowest BCUT2D eigenvalue weighted by atomic mass is 10.1. The molecule has 16 heavy (non-hydrogen) atoms. The number of aromatic nitrogens is 1. The van der Waals surface area contributed by atoms with Crippen LogP contribution in [0.3, 0.4) is 0 Å². The summed E-state index contributed by atoms with van der Waals surface area (Å²) >= 11 is 0. The van der Waals surface area contributed by atoms with Crippen molar-refractivity contribution in [1.82, 2.24) is 10.3 Å². The van der Waals surface area contributed by atoms with Gasteiger partial charge in [-0.05, 0) is 38.4 Å². The first kappa shape index (κ1) is 13.1. The Morgan fingerprint density at radius 3 is 2.94 bits per heavy atom. The lowest BCUT2D eigenvalue weighted by Gasteiger charge is -2.15. The van der Waals surface area contributed by atoms with Gasteiger partial charge in [0.15, 0.2) is 0 Å². The maximum Gasteiger partial charge on any atom is 0.0619 e. The van der Waals surface area contributed by atoms with E-state index in [0.29, 0.717) is 6.04 Å². The Hall–Kier alpha value is -0.930. The second-order valence-corrected chi connectivity index (χ2v) is 3.92. The molecule has 0 bridgehead atoms. The van der Waals surface area contributed by atoms with Crippen molar-refractivity contribution in [1.29, 1.82) is 0 Å². The molecule has 1 aromatic heterocycles. The third kappa shape index (κ3) is 5.24. The number of rotatable bonds is 8. The Bertz CT molecular complexity index is 264. The monoisotopic (exact) mass is 222 g/mol. The molecule has 1 atom stereocenters. The molecular weight excluding hydrogens is 200 g/mol. The molecule has 0 saturated heterocycles. The average Bonchev–Trinajstić information content (AvgIpc) is 2.35. The van der Waals surface area contributed by atoms with E-state index in [9.17, 15) is 0 Å². The highest BCUT2D eigenvalue weighted by Crippen LogP contribution is 2.02. The van der Waals surface area contributed by atoms with Gasteiger partial charge in [0.25, 0.3) is 0 Å². The van der Waals surface area contributed by atoms with Crippen molar-refractivity contribution in [3.63, 3.8) is 0 Å². The van der Waals surface area contributed by atoms with Gasteiger partial charge >= 0.3 is 0 Å². The number of pyridine rings is 1. The summed E-state index contributed by atoms with van der Waals surface area (Å²) in [6, 6.07) is 6.47. The Morgan fingerprint density at radius 2 is 2.31 bits per heavy atom. The summed E-state index contributed by atoms with van der Waals surface area (Å²) in [7, 11) is 1.98. The van der Waals surface area contributed by atoms with Crippen LogP contribution in [-0.4, -0.2) is 31.3 Å². The summed E-state index contributed by atoms with van der Waals surface area (Å²) in [6.45, 7) is 3.77. The topological polar surface area (TPSA) is 34.1 Å². The second-order valence-electron chi connectivity index (χ2n) is 3.92. The van der Waals surface area contributed by atoms with Crippen LogP contribution < -0.4 is 5.32 Å². The normalized spacial score (nSPS) is 12.6. The number of hydrogen-bond acceptors (Lipinski definition) is 3. The molecule has 3 nitrogen and oxygen atoms in total. The molecule has 0 aromatic carbocycles. The first-order valence-electron chi connectivity index (χ1n) is 6.01. The van der Waals surface area contributed by atoms with Gasteiger partial charge in [-0.1, -0.05) is 13.0 Å². The van der Waals surface area contributed by atoms with Crippen LogP contribution in [-0.2, 0) is 11.2 Å². The standard InChI is InChI=1S/C13H22N2O/c1-3-10-16-11-13(14-2)8-7-12-6-4-5-9-15-12/h4-6,9,13-14H,3,7-8,10-11H2,1-2H3. The van der Waals surface area contributed by atoms with Crippen LogP contribution in [0.25, 0.3) is 0 Å². The SMILES string of the molecule is CCCOCC(CCc1ccccn1)NC. The average molecular weight is 222 g/mol. The third-order valence-electron chi connectivity index (χ3n) is 2.55. The van der Waals surface area contributed by atoms with E-state index in [-0.39, 0.29) is 0 Å². The van der Waals surface area contributed by atoms with Crippen molar-refractivity contribution in [2.75, 3.05) is 20.3 Å². The summed E-state index contributed by atoms with van der Waals surface area (Å²) in [5.74, 6) is 0. The molecule has 0 aliphatic rings. The van der Waals surface area contributed by atoms with E-state index < -0.39 is 0 Å². The summed E-state index contributed by atoms with van der Waals surface area (Å²) in [5, 5.41) is 3.28. The number of likely N-dealkylation sites (N-methyl/N-ethyl adjacent to an activating group) is 1. The van der Waals surface area contributed by atoms with Gasteiger partial charge < -0.3 is 10.1 Å². The summed E-state index contributed by atoms with van der Waals surface area (Å²) < 4.78 is 5.54. The predicted molar refractivity (Wildman–Crippen MR) is 66.5 cm³/mol. The molecule has 1 rings (SSSR count). The van der Waals surface area contributed by atoms with Crippen LogP contribution >= 0.6 is 0 Å². The van der Waals surface area contributed by atoms with Gasteiger partial charge in [0.05, 0.1) is 6.61 Å². The van der Waals surface area contributed by atoms with Crippen molar-refractivity contribution in [3.8, 4) is 0 Å².